The van der Waals surface area contributed by atoms with Crippen molar-refractivity contribution in [2.45, 2.75) is 19.3 Å². The number of nitrogens with zero attached hydrogens (tertiary/aromatic N) is 1. The molecule has 5 heteroatoms. The van der Waals surface area contributed by atoms with E-state index in [1.165, 1.54) is 10.9 Å². The number of hydrogen-bond acceptors (Lipinski definition) is 4. The summed E-state index contributed by atoms with van der Waals surface area (Å²) < 4.78 is 5.09. The molecule has 0 amide bonds. The normalized spacial score (nSPS) is 15.2. The fraction of sp³-hybridized carbons (Fsp3) is 0.200. The smallest absolute Gasteiger partial charge is 0.365 e. The Kier molecular flexibility index (Phi) is 3.98. The van der Waals surface area contributed by atoms with E-state index in [1.54, 1.807) is 31.4 Å². The molecule has 0 spiro atoms. The highest BCUT2D eigenvalue weighted by atomic mass is 16.7. The van der Waals surface area contributed by atoms with Gasteiger partial charge in [-0.05, 0) is 55.2 Å². The molecule has 1 aliphatic rings. The number of carbonyl (C=O) groups excluding carboxylic acids is 1. The predicted molar refractivity (Wildman–Crippen MR) is 96.2 cm³/mol. The van der Waals surface area contributed by atoms with Crippen LogP contribution >= 0.6 is 0 Å². The second-order valence-corrected chi connectivity index (χ2v) is 6.02. The van der Waals surface area contributed by atoms with Crippen LogP contribution in [0, 0.1) is 0 Å². The van der Waals surface area contributed by atoms with Crippen LogP contribution in [0.25, 0.3) is 10.9 Å². The lowest BCUT2D eigenvalue weighted by Crippen LogP contribution is -2.13. The van der Waals surface area contributed by atoms with Gasteiger partial charge in [0.2, 0.25) is 0 Å². The first-order valence-corrected chi connectivity index (χ1v) is 8.28. The number of carbonyl (C=O) groups is 1. The van der Waals surface area contributed by atoms with E-state index in [9.17, 15) is 4.79 Å². The Balaban J connectivity index is 1.59. The molecule has 25 heavy (non-hydrogen) atoms. The number of aryl methyl sites for hydroxylation is 1. The number of aromatic nitrogens is 1. The van der Waals surface area contributed by atoms with E-state index in [4.69, 9.17) is 9.57 Å². The van der Waals surface area contributed by atoms with Gasteiger partial charge < -0.3 is 14.6 Å². The zero-order chi connectivity index (χ0) is 17.2. The van der Waals surface area contributed by atoms with Crippen molar-refractivity contribution in [1.82, 2.24) is 4.98 Å². The van der Waals surface area contributed by atoms with E-state index in [2.05, 4.69) is 22.3 Å². The van der Waals surface area contributed by atoms with Gasteiger partial charge in [0.25, 0.3) is 0 Å². The van der Waals surface area contributed by atoms with Gasteiger partial charge in [-0.3, -0.25) is 0 Å². The number of methoxy groups -OCH3 is 1. The molecule has 1 aromatic heterocycles. The predicted octanol–water partition coefficient (Wildman–Crippen LogP) is 4.07. The average Bonchev–Trinajstić information content (AvgIpc) is 3.05. The molecule has 0 aliphatic heterocycles. The summed E-state index contributed by atoms with van der Waals surface area (Å²) in [5.41, 5.74) is 4.55. The molecule has 1 aliphatic carbocycles. The Morgan fingerprint density at radius 1 is 1.08 bits per heavy atom. The van der Waals surface area contributed by atoms with Gasteiger partial charge in [0.1, 0.15) is 11.5 Å². The summed E-state index contributed by atoms with van der Waals surface area (Å²) in [4.78, 5) is 20.8. The fourth-order valence-corrected chi connectivity index (χ4v) is 3.23. The molecule has 5 nitrogen and oxygen atoms in total. The number of rotatable bonds is 3. The van der Waals surface area contributed by atoms with Crippen LogP contribution in [-0.4, -0.2) is 23.8 Å². The molecule has 4 rings (SSSR count). The maximum absolute atomic E-state index is 12.2. The van der Waals surface area contributed by atoms with E-state index in [-0.39, 0.29) is 0 Å². The summed E-state index contributed by atoms with van der Waals surface area (Å²) in [5, 5.41) is 5.36. The molecule has 0 saturated carbocycles. The summed E-state index contributed by atoms with van der Waals surface area (Å²) in [6, 6.07) is 15.0. The Morgan fingerprint density at radius 2 is 1.88 bits per heavy atom. The van der Waals surface area contributed by atoms with E-state index >= 15 is 0 Å². The molecule has 0 bridgehead atoms. The number of hydrogen-bond donors (Lipinski definition) is 1. The van der Waals surface area contributed by atoms with Crippen molar-refractivity contribution in [1.29, 1.82) is 0 Å². The van der Waals surface area contributed by atoms with Crippen molar-refractivity contribution in [2.75, 3.05) is 7.11 Å². The number of nitrogens with one attached hydrogen (secondary N) is 1. The van der Waals surface area contributed by atoms with Crippen LogP contribution in [0.1, 0.15) is 34.5 Å². The lowest BCUT2D eigenvalue weighted by atomic mass is 9.94. The molecular formula is C20H18N2O3. The first-order valence-electron chi connectivity index (χ1n) is 8.28. The van der Waals surface area contributed by atoms with Gasteiger partial charge >= 0.3 is 5.97 Å². The summed E-state index contributed by atoms with van der Waals surface area (Å²) in [7, 11) is 1.58. The van der Waals surface area contributed by atoms with Gasteiger partial charge in [-0.25, -0.2) is 4.79 Å². The second-order valence-electron chi connectivity index (χ2n) is 6.02. The van der Waals surface area contributed by atoms with Gasteiger partial charge in [0, 0.05) is 10.9 Å². The Labute approximate surface area is 145 Å². The van der Waals surface area contributed by atoms with Crippen molar-refractivity contribution >= 4 is 22.6 Å². The third-order valence-corrected chi connectivity index (χ3v) is 4.51. The Morgan fingerprint density at radius 3 is 2.68 bits per heavy atom. The molecule has 0 radical (unpaired) electrons. The van der Waals surface area contributed by atoms with Crippen LogP contribution in [-0.2, 0) is 11.3 Å². The third-order valence-electron chi connectivity index (χ3n) is 4.51. The average molecular weight is 334 g/mol. The van der Waals surface area contributed by atoms with Crippen LogP contribution in [0.4, 0.5) is 0 Å². The minimum atomic E-state index is -0.474. The first-order chi connectivity index (χ1) is 12.3. The number of para-hydroxylation sites is 1. The molecule has 0 fully saturated rings. The molecule has 0 saturated heterocycles. The summed E-state index contributed by atoms with van der Waals surface area (Å²) >= 11 is 0. The van der Waals surface area contributed by atoms with Crippen LogP contribution in [0.3, 0.4) is 0 Å². The van der Waals surface area contributed by atoms with E-state index in [0.29, 0.717) is 11.3 Å². The number of ether oxygens (including phenoxy) is 1. The summed E-state index contributed by atoms with van der Waals surface area (Å²) in [5.74, 6) is 0.219. The summed E-state index contributed by atoms with van der Waals surface area (Å²) in [6.07, 6.45) is 2.79. The van der Waals surface area contributed by atoms with Crippen LogP contribution in [0.5, 0.6) is 5.75 Å². The zero-order valence-electron chi connectivity index (χ0n) is 13.9. The molecular weight excluding hydrogens is 316 g/mol. The van der Waals surface area contributed by atoms with Crippen molar-refractivity contribution < 1.29 is 14.4 Å². The fourth-order valence-electron chi connectivity index (χ4n) is 3.23. The van der Waals surface area contributed by atoms with Gasteiger partial charge in [0.05, 0.1) is 18.4 Å². The lowest BCUT2D eigenvalue weighted by Gasteiger charge is -2.13. The lowest BCUT2D eigenvalue weighted by molar-refractivity contribution is 0.0515. The highest BCUT2D eigenvalue weighted by molar-refractivity contribution is 6.06. The third kappa shape index (κ3) is 2.89. The number of oxime groups is 1. The van der Waals surface area contributed by atoms with Crippen molar-refractivity contribution in [3.8, 4) is 5.75 Å². The first kappa shape index (κ1) is 15.4. The molecule has 1 heterocycles. The van der Waals surface area contributed by atoms with Crippen LogP contribution in [0.2, 0.25) is 0 Å². The van der Waals surface area contributed by atoms with E-state index < -0.39 is 5.97 Å². The van der Waals surface area contributed by atoms with Gasteiger partial charge in [-0.15, -0.1) is 0 Å². The molecule has 3 aromatic rings. The highest BCUT2D eigenvalue weighted by Crippen LogP contribution is 2.29. The van der Waals surface area contributed by atoms with Crippen LogP contribution in [0.15, 0.2) is 53.7 Å². The SMILES string of the molecule is COc1ccc(C(=O)O/N=C2\CCCc3c2[nH]c2ccccc32)cc1. The van der Waals surface area contributed by atoms with Gasteiger partial charge in [-0.1, -0.05) is 23.4 Å². The topological polar surface area (TPSA) is 63.7 Å². The molecule has 1 N–H and O–H groups in total. The van der Waals surface area contributed by atoms with Crippen molar-refractivity contribution in [2.24, 2.45) is 5.16 Å². The quantitative estimate of drug-likeness (QED) is 0.580. The Hall–Kier alpha value is -3.08. The number of fused-ring (bicyclic) bond motifs is 3. The number of H-pyrrole nitrogens is 1. The van der Waals surface area contributed by atoms with Gasteiger partial charge in [-0.2, -0.15) is 0 Å². The van der Waals surface area contributed by atoms with Crippen molar-refractivity contribution in [3.63, 3.8) is 0 Å². The van der Waals surface area contributed by atoms with Crippen molar-refractivity contribution in [3.05, 3.63) is 65.4 Å². The Bertz CT molecular complexity index is 955. The molecule has 2 aromatic carbocycles. The zero-order valence-corrected chi connectivity index (χ0v) is 13.9. The highest BCUT2D eigenvalue weighted by Gasteiger charge is 2.21. The second kappa shape index (κ2) is 6.43. The molecule has 0 unspecified atom stereocenters. The maximum atomic E-state index is 12.2. The monoisotopic (exact) mass is 334 g/mol. The molecule has 126 valence electrons. The van der Waals surface area contributed by atoms with E-state index in [1.807, 2.05) is 12.1 Å². The standard InChI is InChI=1S/C20H18N2O3/c1-24-14-11-9-13(10-12-14)20(23)25-22-18-8-4-6-16-15-5-2-3-7-17(15)21-19(16)18/h2-3,5,7,9-12,21H,4,6,8H2,1H3/b22-18+. The minimum absolute atomic E-state index is 0.442. The maximum Gasteiger partial charge on any atom is 0.365 e. The van der Waals surface area contributed by atoms with Gasteiger partial charge in [0.15, 0.2) is 0 Å². The van der Waals surface area contributed by atoms with E-state index in [0.717, 1.165) is 36.2 Å². The van der Waals surface area contributed by atoms with Crippen LogP contribution < -0.4 is 4.74 Å². The number of benzene rings is 2. The largest absolute Gasteiger partial charge is 0.497 e. The number of aromatic amines is 1. The molecule has 0 atom stereocenters. The summed E-state index contributed by atoms with van der Waals surface area (Å²) in [6.45, 7) is 0. The minimum Gasteiger partial charge on any atom is -0.497 e.